The van der Waals surface area contributed by atoms with Gasteiger partial charge in [0, 0.05) is 5.69 Å². The fourth-order valence-electron chi connectivity index (χ4n) is 2.26. The standard InChI is InChI=1S/C16H14N2O2/c1-11-6-8-12(9-7-11)18-15(19)10-17-14-5-3-2-4-13(14)16(18)20/h2-9,17H,10H2,1H3. The Morgan fingerprint density at radius 3 is 2.45 bits per heavy atom. The molecule has 4 heteroatoms. The Balaban J connectivity index is 2.08. The summed E-state index contributed by atoms with van der Waals surface area (Å²) in [5, 5.41) is 3.00. The molecule has 0 aromatic heterocycles. The van der Waals surface area contributed by atoms with Crippen LogP contribution >= 0.6 is 0 Å². The van der Waals surface area contributed by atoms with Crippen molar-refractivity contribution in [3.05, 3.63) is 59.7 Å². The highest BCUT2D eigenvalue weighted by Crippen LogP contribution is 2.25. The van der Waals surface area contributed by atoms with E-state index in [1.54, 1.807) is 30.3 Å². The molecule has 0 atom stereocenters. The number of carbonyl (C=O) groups excluding carboxylic acids is 2. The molecular weight excluding hydrogens is 252 g/mol. The smallest absolute Gasteiger partial charge is 0.267 e. The van der Waals surface area contributed by atoms with Gasteiger partial charge in [0.05, 0.1) is 17.8 Å². The van der Waals surface area contributed by atoms with Gasteiger partial charge in [0.1, 0.15) is 0 Å². The van der Waals surface area contributed by atoms with Gasteiger partial charge in [0.15, 0.2) is 0 Å². The molecule has 3 rings (SSSR count). The molecule has 4 nitrogen and oxygen atoms in total. The van der Waals surface area contributed by atoms with E-state index in [2.05, 4.69) is 5.32 Å². The number of anilines is 2. The summed E-state index contributed by atoms with van der Waals surface area (Å²) in [6.45, 7) is 2.07. The third-order valence-electron chi connectivity index (χ3n) is 3.33. The van der Waals surface area contributed by atoms with E-state index in [-0.39, 0.29) is 18.4 Å². The number of hydrogen-bond donors (Lipinski definition) is 1. The van der Waals surface area contributed by atoms with E-state index < -0.39 is 0 Å². The molecule has 0 radical (unpaired) electrons. The van der Waals surface area contributed by atoms with Crippen molar-refractivity contribution in [2.75, 3.05) is 16.8 Å². The van der Waals surface area contributed by atoms with Gasteiger partial charge in [0.25, 0.3) is 11.8 Å². The van der Waals surface area contributed by atoms with Crippen molar-refractivity contribution in [3.8, 4) is 0 Å². The van der Waals surface area contributed by atoms with Crippen LogP contribution in [-0.4, -0.2) is 18.4 Å². The summed E-state index contributed by atoms with van der Waals surface area (Å²) in [6, 6.07) is 14.5. The predicted octanol–water partition coefficient (Wildman–Crippen LogP) is 2.59. The second kappa shape index (κ2) is 4.81. The third-order valence-corrected chi connectivity index (χ3v) is 3.33. The number of carbonyl (C=O) groups is 2. The second-order valence-electron chi connectivity index (χ2n) is 4.77. The average molecular weight is 266 g/mol. The van der Waals surface area contributed by atoms with Crippen molar-refractivity contribution in [2.45, 2.75) is 6.92 Å². The number of fused-ring (bicyclic) bond motifs is 1. The lowest BCUT2D eigenvalue weighted by atomic mass is 10.1. The van der Waals surface area contributed by atoms with Crippen LogP contribution in [0.3, 0.4) is 0 Å². The molecule has 100 valence electrons. The van der Waals surface area contributed by atoms with Gasteiger partial charge in [-0.05, 0) is 31.2 Å². The fourth-order valence-corrected chi connectivity index (χ4v) is 2.26. The molecule has 0 saturated carbocycles. The van der Waals surface area contributed by atoms with Crippen molar-refractivity contribution >= 4 is 23.2 Å². The van der Waals surface area contributed by atoms with Gasteiger partial charge in [-0.1, -0.05) is 29.8 Å². The molecule has 0 fully saturated rings. The van der Waals surface area contributed by atoms with Crippen LogP contribution < -0.4 is 10.2 Å². The van der Waals surface area contributed by atoms with Crippen molar-refractivity contribution in [3.63, 3.8) is 0 Å². The van der Waals surface area contributed by atoms with Gasteiger partial charge >= 0.3 is 0 Å². The zero-order chi connectivity index (χ0) is 14.1. The van der Waals surface area contributed by atoms with Gasteiger partial charge < -0.3 is 5.32 Å². The predicted molar refractivity (Wildman–Crippen MR) is 77.9 cm³/mol. The van der Waals surface area contributed by atoms with Crippen LogP contribution in [0.1, 0.15) is 15.9 Å². The maximum atomic E-state index is 12.6. The maximum Gasteiger partial charge on any atom is 0.267 e. The molecule has 1 N–H and O–H groups in total. The Kier molecular flexibility index (Phi) is 2.99. The van der Waals surface area contributed by atoms with E-state index in [0.717, 1.165) is 5.56 Å². The number of hydrogen-bond acceptors (Lipinski definition) is 3. The van der Waals surface area contributed by atoms with E-state index in [1.807, 2.05) is 25.1 Å². The minimum absolute atomic E-state index is 0.108. The number of nitrogens with one attached hydrogen (secondary N) is 1. The molecule has 1 aliphatic rings. The topological polar surface area (TPSA) is 49.4 Å². The van der Waals surface area contributed by atoms with Crippen molar-refractivity contribution in [1.29, 1.82) is 0 Å². The van der Waals surface area contributed by atoms with E-state index in [4.69, 9.17) is 0 Å². The normalized spacial score (nSPS) is 14.6. The summed E-state index contributed by atoms with van der Waals surface area (Å²) in [5.74, 6) is -0.547. The maximum absolute atomic E-state index is 12.6. The molecule has 0 aliphatic carbocycles. The van der Waals surface area contributed by atoms with Crippen LogP contribution in [-0.2, 0) is 4.79 Å². The number of para-hydroxylation sites is 1. The van der Waals surface area contributed by atoms with E-state index in [0.29, 0.717) is 16.9 Å². The molecule has 1 heterocycles. The molecule has 0 saturated heterocycles. The van der Waals surface area contributed by atoms with Gasteiger partial charge in [-0.2, -0.15) is 0 Å². The van der Waals surface area contributed by atoms with Crippen molar-refractivity contribution < 1.29 is 9.59 Å². The summed E-state index contributed by atoms with van der Waals surface area (Å²) in [6.07, 6.45) is 0. The summed E-state index contributed by atoms with van der Waals surface area (Å²) < 4.78 is 0. The minimum atomic E-state index is -0.292. The SMILES string of the molecule is Cc1ccc(N2C(=O)CNc3ccccc3C2=O)cc1. The Bertz CT molecular complexity index is 677. The summed E-state index contributed by atoms with van der Waals surface area (Å²) in [5.41, 5.74) is 2.89. The monoisotopic (exact) mass is 266 g/mol. The quantitative estimate of drug-likeness (QED) is 0.807. The highest BCUT2D eigenvalue weighted by atomic mass is 16.2. The first-order valence-electron chi connectivity index (χ1n) is 6.43. The summed E-state index contributed by atoms with van der Waals surface area (Å²) in [4.78, 5) is 26.1. The first kappa shape index (κ1) is 12.4. The van der Waals surface area contributed by atoms with Crippen LogP contribution in [0, 0.1) is 6.92 Å². The Hall–Kier alpha value is -2.62. The molecular formula is C16H14N2O2. The van der Waals surface area contributed by atoms with Crippen molar-refractivity contribution in [2.24, 2.45) is 0 Å². The molecule has 1 aliphatic heterocycles. The van der Waals surface area contributed by atoms with Crippen molar-refractivity contribution in [1.82, 2.24) is 0 Å². The number of aryl methyl sites for hydroxylation is 1. The van der Waals surface area contributed by atoms with Crippen LogP contribution in [0.2, 0.25) is 0 Å². The second-order valence-corrected chi connectivity index (χ2v) is 4.77. The summed E-state index contributed by atoms with van der Waals surface area (Å²) in [7, 11) is 0. The molecule has 0 spiro atoms. The largest absolute Gasteiger partial charge is 0.375 e. The molecule has 20 heavy (non-hydrogen) atoms. The lowest BCUT2D eigenvalue weighted by Gasteiger charge is -2.18. The van der Waals surface area contributed by atoms with E-state index >= 15 is 0 Å². The van der Waals surface area contributed by atoms with Gasteiger partial charge in [-0.15, -0.1) is 0 Å². The van der Waals surface area contributed by atoms with E-state index in [9.17, 15) is 9.59 Å². The van der Waals surface area contributed by atoms with Crippen LogP contribution in [0.5, 0.6) is 0 Å². The van der Waals surface area contributed by atoms with E-state index in [1.165, 1.54) is 4.90 Å². The van der Waals surface area contributed by atoms with Crippen LogP contribution in [0.4, 0.5) is 11.4 Å². The van der Waals surface area contributed by atoms with Gasteiger partial charge in [0.2, 0.25) is 0 Å². The zero-order valence-corrected chi connectivity index (χ0v) is 11.1. The zero-order valence-electron chi connectivity index (χ0n) is 11.1. The lowest BCUT2D eigenvalue weighted by molar-refractivity contribution is -0.116. The fraction of sp³-hybridized carbons (Fsp3) is 0.125. The molecule has 2 aromatic carbocycles. The molecule has 0 unspecified atom stereocenters. The first-order chi connectivity index (χ1) is 9.66. The van der Waals surface area contributed by atoms with Gasteiger partial charge in [-0.3, -0.25) is 9.59 Å². The number of nitrogens with zero attached hydrogens (tertiary/aromatic N) is 1. The number of benzene rings is 2. The number of rotatable bonds is 1. The highest BCUT2D eigenvalue weighted by molar-refractivity contribution is 6.24. The lowest BCUT2D eigenvalue weighted by Crippen LogP contribution is -2.38. The number of imide groups is 1. The highest BCUT2D eigenvalue weighted by Gasteiger charge is 2.29. The Labute approximate surface area is 117 Å². The van der Waals surface area contributed by atoms with Crippen LogP contribution in [0.25, 0.3) is 0 Å². The van der Waals surface area contributed by atoms with Crippen LogP contribution in [0.15, 0.2) is 48.5 Å². The Morgan fingerprint density at radius 1 is 1.00 bits per heavy atom. The molecule has 2 amide bonds. The number of amides is 2. The average Bonchev–Trinajstić information content (AvgIpc) is 2.59. The third kappa shape index (κ3) is 2.05. The summed E-state index contributed by atoms with van der Waals surface area (Å²) >= 11 is 0. The minimum Gasteiger partial charge on any atom is -0.375 e. The Morgan fingerprint density at radius 2 is 1.70 bits per heavy atom. The van der Waals surface area contributed by atoms with Gasteiger partial charge in [-0.25, -0.2) is 4.90 Å². The first-order valence-corrected chi connectivity index (χ1v) is 6.43. The molecule has 2 aromatic rings. The molecule has 0 bridgehead atoms.